The average Bonchev–Trinajstić information content (AvgIpc) is 2.64. The van der Waals surface area contributed by atoms with Gasteiger partial charge in [-0.1, -0.05) is 59.1 Å². The van der Waals surface area contributed by atoms with Gasteiger partial charge in [0.15, 0.2) is 5.75 Å². The molecule has 0 aliphatic rings. The molecule has 0 spiro atoms. The van der Waals surface area contributed by atoms with Crippen LogP contribution in [0, 0.1) is 6.92 Å². The van der Waals surface area contributed by atoms with E-state index in [9.17, 15) is 8.42 Å². The number of aliphatic imine (C=N–C) groups is 1. The molecule has 4 nitrogen and oxygen atoms in total. The molecule has 7 heteroatoms. The van der Waals surface area contributed by atoms with E-state index in [1.54, 1.807) is 30.5 Å². The molecule has 0 aliphatic carbocycles. The van der Waals surface area contributed by atoms with E-state index in [2.05, 4.69) is 4.99 Å². The second-order valence-corrected chi connectivity index (χ2v) is 8.12. The van der Waals surface area contributed by atoms with Gasteiger partial charge in [0.1, 0.15) is 4.90 Å². The van der Waals surface area contributed by atoms with Crippen molar-refractivity contribution in [3.8, 4) is 5.75 Å². The van der Waals surface area contributed by atoms with Gasteiger partial charge < -0.3 is 4.18 Å². The third-order valence-corrected chi connectivity index (χ3v) is 5.44. The van der Waals surface area contributed by atoms with Crippen molar-refractivity contribution in [2.24, 2.45) is 4.99 Å². The highest BCUT2D eigenvalue weighted by atomic mass is 35.5. The van der Waals surface area contributed by atoms with Gasteiger partial charge in [-0.15, -0.1) is 0 Å². The molecule has 0 heterocycles. The number of rotatable bonds is 5. The number of hydrogen-bond acceptors (Lipinski definition) is 4. The Morgan fingerprint density at radius 2 is 1.52 bits per heavy atom. The van der Waals surface area contributed by atoms with Crippen molar-refractivity contribution in [1.29, 1.82) is 0 Å². The van der Waals surface area contributed by atoms with Crippen molar-refractivity contribution in [1.82, 2.24) is 0 Å². The van der Waals surface area contributed by atoms with Crippen LogP contribution in [0.5, 0.6) is 5.75 Å². The number of benzene rings is 3. The van der Waals surface area contributed by atoms with E-state index in [-0.39, 0.29) is 20.7 Å². The van der Waals surface area contributed by atoms with Crippen LogP contribution in [0.15, 0.2) is 76.6 Å². The van der Waals surface area contributed by atoms with Gasteiger partial charge in [0.25, 0.3) is 0 Å². The molecular formula is C20H15Cl2NO3S. The molecule has 0 aromatic heterocycles. The van der Waals surface area contributed by atoms with Crippen LogP contribution < -0.4 is 4.18 Å². The van der Waals surface area contributed by atoms with Gasteiger partial charge >= 0.3 is 10.1 Å². The zero-order valence-electron chi connectivity index (χ0n) is 14.3. The Morgan fingerprint density at radius 3 is 2.11 bits per heavy atom. The predicted molar refractivity (Wildman–Crippen MR) is 109 cm³/mol. The molecule has 3 aromatic rings. The minimum absolute atomic E-state index is 0.0231. The van der Waals surface area contributed by atoms with E-state index < -0.39 is 10.1 Å². The van der Waals surface area contributed by atoms with Crippen LogP contribution in [0.3, 0.4) is 0 Å². The maximum Gasteiger partial charge on any atom is 0.339 e. The smallest absolute Gasteiger partial charge is 0.339 e. The first-order valence-corrected chi connectivity index (χ1v) is 10.1. The van der Waals surface area contributed by atoms with Gasteiger partial charge in [-0.3, -0.25) is 4.99 Å². The van der Waals surface area contributed by atoms with Crippen LogP contribution >= 0.6 is 23.2 Å². The highest BCUT2D eigenvalue weighted by Crippen LogP contribution is 2.36. The zero-order valence-corrected chi connectivity index (χ0v) is 16.6. The van der Waals surface area contributed by atoms with E-state index in [1.807, 2.05) is 37.3 Å². The standard InChI is InChI=1S/C20H15Cl2NO3S/c1-14-7-9-17(10-8-14)27(24,25)26-20-18(21)11-15(12-19(20)22)13-23-16-5-3-2-4-6-16/h2-13H,1H3. The maximum atomic E-state index is 12.4. The number of halogens is 2. The van der Waals surface area contributed by atoms with E-state index in [4.69, 9.17) is 27.4 Å². The van der Waals surface area contributed by atoms with Crippen LogP contribution in [-0.2, 0) is 10.1 Å². The zero-order chi connectivity index (χ0) is 19.4. The van der Waals surface area contributed by atoms with Gasteiger partial charge in [-0.25, -0.2) is 0 Å². The van der Waals surface area contributed by atoms with Gasteiger partial charge in [-0.05, 0) is 48.9 Å². The lowest BCUT2D eigenvalue weighted by molar-refractivity contribution is 0.486. The molecule has 0 saturated carbocycles. The molecule has 3 aromatic carbocycles. The van der Waals surface area contributed by atoms with Crippen LogP contribution in [0.2, 0.25) is 10.0 Å². The molecule has 0 bridgehead atoms. The summed E-state index contributed by atoms with van der Waals surface area (Å²) in [6.07, 6.45) is 1.59. The van der Waals surface area contributed by atoms with Crippen LogP contribution in [0.4, 0.5) is 5.69 Å². The van der Waals surface area contributed by atoms with Gasteiger partial charge in [0, 0.05) is 6.21 Å². The molecular weight excluding hydrogens is 405 g/mol. The average molecular weight is 420 g/mol. The lowest BCUT2D eigenvalue weighted by atomic mass is 10.2. The number of hydrogen-bond donors (Lipinski definition) is 0. The van der Waals surface area contributed by atoms with Crippen molar-refractivity contribution in [2.75, 3.05) is 0 Å². The quantitative estimate of drug-likeness (QED) is 0.386. The van der Waals surface area contributed by atoms with E-state index in [0.717, 1.165) is 11.3 Å². The first-order chi connectivity index (χ1) is 12.8. The fraction of sp³-hybridized carbons (Fsp3) is 0.0500. The summed E-state index contributed by atoms with van der Waals surface area (Å²) in [7, 11) is -4.05. The Kier molecular flexibility index (Phi) is 5.85. The lowest BCUT2D eigenvalue weighted by Crippen LogP contribution is -2.10. The van der Waals surface area contributed by atoms with E-state index in [1.165, 1.54) is 12.1 Å². The Bertz CT molecular complexity index is 1060. The summed E-state index contributed by atoms with van der Waals surface area (Å²) in [4.78, 5) is 4.34. The molecule has 0 unspecified atom stereocenters. The van der Waals surface area contributed by atoms with Crippen molar-refractivity contribution >= 4 is 45.2 Å². The van der Waals surface area contributed by atoms with Crippen LogP contribution in [-0.4, -0.2) is 14.6 Å². The van der Waals surface area contributed by atoms with Crippen molar-refractivity contribution in [3.63, 3.8) is 0 Å². The molecule has 0 radical (unpaired) electrons. The minimum atomic E-state index is -4.05. The topological polar surface area (TPSA) is 55.7 Å². The van der Waals surface area contributed by atoms with Crippen LogP contribution in [0.1, 0.15) is 11.1 Å². The second kappa shape index (κ2) is 8.13. The number of nitrogens with zero attached hydrogens (tertiary/aromatic N) is 1. The molecule has 3 rings (SSSR count). The first kappa shape index (κ1) is 19.4. The molecule has 27 heavy (non-hydrogen) atoms. The highest BCUT2D eigenvalue weighted by Gasteiger charge is 2.20. The van der Waals surface area contributed by atoms with E-state index >= 15 is 0 Å². The minimum Gasteiger partial charge on any atom is -0.376 e. The van der Waals surface area contributed by atoms with E-state index in [0.29, 0.717) is 5.56 Å². The summed E-state index contributed by atoms with van der Waals surface area (Å²) in [5, 5.41) is 0.153. The molecule has 138 valence electrons. The van der Waals surface area contributed by atoms with Crippen molar-refractivity contribution < 1.29 is 12.6 Å². The summed E-state index contributed by atoms with van der Waals surface area (Å²) >= 11 is 12.4. The highest BCUT2D eigenvalue weighted by molar-refractivity contribution is 7.87. The summed E-state index contributed by atoms with van der Waals surface area (Å²) < 4.78 is 30.1. The largest absolute Gasteiger partial charge is 0.376 e. The van der Waals surface area contributed by atoms with Gasteiger partial charge in [-0.2, -0.15) is 8.42 Å². The predicted octanol–water partition coefficient (Wildman–Crippen LogP) is 5.82. The third kappa shape index (κ3) is 4.89. The number of para-hydroxylation sites is 1. The maximum absolute atomic E-state index is 12.4. The fourth-order valence-electron chi connectivity index (χ4n) is 2.26. The van der Waals surface area contributed by atoms with Gasteiger partial charge in [0.2, 0.25) is 0 Å². The Labute approximate surface area is 168 Å². The fourth-order valence-corrected chi connectivity index (χ4v) is 3.90. The Hall–Kier alpha value is -2.34. The molecule has 0 amide bonds. The summed E-state index contributed by atoms with van der Waals surface area (Å²) in [6.45, 7) is 1.86. The van der Waals surface area contributed by atoms with Crippen LogP contribution in [0.25, 0.3) is 0 Å². The normalized spacial score (nSPS) is 11.7. The summed E-state index contributed by atoms with van der Waals surface area (Å²) in [6, 6.07) is 18.7. The molecule has 0 aliphatic heterocycles. The summed E-state index contributed by atoms with van der Waals surface area (Å²) in [5.74, 6) is -0.115. The van der Waals surface area contributed by atoms with Crippen molar-refractivity contribution in [2.45, 2.75) is 11.8 Å². The summed E-state index contributed by atoms with van der Waals surface area (Å²) in [5.41, 5.74) is 2.33. The first-order valence-electron chi connectivity index (χ1n) is 7.94. The molecule has 0 N–H and O–H groups in total. The Balaban J connectivity index is 1.87. The monoisotopic (exact) mass is 419 g/mol. The molecule has 0 saturated heterocycles. The second-order valence-electron chi connectivity index (χ2n) is 5.76. The number of aryl methyl sites for hydroxylation is 1. The van der Waals surface area contributed by atoms with Gasteiger partial charge in [0.05, 0.1) is 15.7 Å². The van der Waals surface area contributed by atoms with Crippen molar-refractivity contribution in [3.05, 3.63) is 87.9 Å². The molecule has 0 fully saturated rings. The SMILES string of the molecule is Cc1ccc(S(=O)(=O)Oc2c(Cl)cc(C=Nc3ccccc3)cc2Cl)cc1. The Morgan fingerprint density at radius 1 is 0.926 bits per heavy atom. The third-order valence-electron chi connectivity index (χ3n) is 3.64. The lowest BCUT2D eigenvalue weighted by Gasteiger charge is -2.11. The molecule has 0 atom stereocenters.